The number of ether oxygens (including phenoxy) is 1. The fraction of sp³-hybridized carbons (Fsp3) is 0.200. The third-order valence-electron chi connectivity index (χ3n) is 4.16. The summed E-state index contributed by atoms with van der Waals surface area (Å²) in [6, 6.07) is 11.5. The van der Waals surface area contributed by atoms with Crippen molar-refractivity contribution in [3.63, 3.8) is 0 Å². The molecule has 2 heterocycles. The van der Waals surface area contributed by atoms with E-state index < -0.39 is 5.97 Å². The second-order valence-corrected chi connectivity index (χ2v) is 6.10. The van der Waals surface area contributed by atoms with Crippen molar-refractivity contribution in [3.8, 4) is 11.9 Å². The first-order valence-electron chi connectivity index (χ1n) is 8.24. The Morgan fingerprint density at radius 3 is 2.48 bits per heavy atom. The molecule has 27 heavy (non-hydrogen) atoms. The van der Waals surface area contributed by atoms with Gasteiger partial charge in [-0.25, -0.2) is 4.79 Å². The summed E-state index contributed by atoms with van der Waals surface area (Å²) in [6.45, 7) is 5.07. The van der Waals surface area contributed by atoms with E-state index >= 15 is 0 Å². The second-order valence-electron chi connectivity index (χ2n) is 6.10. The zero-order chi connectivity index (χ0) is 19.6. The Labute approximate surface area is 155 Å². The monoisotopic (exact) mass is 363 g/mol. The lowest BCUT2D eigenvalue weighted by Gasteiger charge is -2.06. The summed E-state index contributed by atoms with van der Waals surface area (Å²) in [5.74, 6) is 0.336. The fourth-order valence-corrected chi connectivity index (χ4v) is 2.83. The van der Waals surface area contributed by atoms with Crippen LogP contribution in [0.5, 0.6) is 0 Å². The molecule has 0 N–H and O–H groups in total. The Balaban J connectivity index is 1.73. The number of hydrogen-bond acceptors (Lipinski definition) is 6. The Hall–Kier alpha value is -3.66. The lowest BCUT2D eigenvalue weighted by atomic mass is 10.1. The predicted molar refractivity (Wildman–Crippen MR) is 95.8 cm³/mol. The van der Waals surface area contributed by atoms with Gasteiger partial charge in [0, 0.05) is 23.0 Å². The standard InChI is InChI=1S/C20H17N3O4/c1-12-8-17(14(3)23(12)19-9-13(2)27-22-19)18(24)11-26-20(25)16-6-4-15(10-21)5-7-16/h4-9H,11H2,1-3H3. The number of aryl methyl sites for hydroxylation is 2. The van der Waals surface area contributed by atoms with Crippen LogP contribution in [-0.4, -0.2) is 28.1 Å². The summed E-state index contributed by atoms with van der Waals surface area (Å²) in [5, 5.41) is 12.8. The third-order valence-corrected chi connectivity index (χ3v) is 4.16. The van der Waals surface area contributed by atoms with Crippen LogP contribution in [0.4, 0.5) is 0 Å². The number of carbonyl (C=O) groups excluding carboxylic acids is 2. The first-order chi connectivity index (χ1) is 12.9. The smallest absolute Gasteiger partial charge is 0.338 e. The van der Waals surface area contributed by atoms with Crippen LogP contribution < -0.4 is 0 Å². The molecule has 0 aliphatic heterocycles. The summed E-state index contributed by atoms with van der Waals surface area (Å²) < 4.78 is 12.0. The maximum atomic E-state index is 12.5. The highest BCUT2D eigenvalue weighted by atomic mass is 16.5. The zero-order valence-corrected chi connectivity index (χ0v) is 15.1. The number of nitrogens with zero attached hydrogens (tertiary/aromatic N) is 3. The van der Waals surface area contributed by atoms with Gasteiger partial charge in [0.15, 0.2) is 12.4 Å². The van der Waals surface area contributed by atoms with E-state index in [9.17, 15) is 9.59 Å². The molecule has 0 radical (unpaired) electrons. The number of nitriles is 1. The maximum Gasteiger partial charge on any atom is 0.338 e. The molecule has 0 fully saturated rings. The number of carbonyl (C=O) groups is 2. The number of rotatable bonds is 5. The normalized spacial score (nSPS) is 10.4. The first-order valence-corrected chi connectivity index (χ1v) is 8.24. The van der Waals surface area contributed by atoms with Gasteiger partial charge in [0.2, 0.25) is 5.78 Å². The van der Waals surface area contributed by atoms with Crippen LogP contribution in [0.25, 0.3) is 5.82 Å². The molecule has 1 aromatic carbocycles. The molecule has 3 aromatic rings. The van der Waals surface area contributed by atoms with Crippen molar-refractivity contribution < 1.29 is 18.8 Å². The molecule has 0 spiro atoms. The highest BCUT2D eigenvalue weighted by Crippen LogP contribution is 2.21. The van der Waals surface area contributed by atoms with E-state index in [-0.39, 0.29) is 18.0 Å². The molecule has 3 rings (SSSR count). The van der Waals surface area contributed by atoms with Gasteiger partial charge in [-0.05, 0) is 51.1 Å². The molecular weight excluding hydrogens is 346 g/mol. The Morgan fingerprint density at radius 2 is 1.89 bits per heavy atom. The van der Waals surface area contributed by atoms with Crippen LogP contribution in [0, 0.1) is 32.1 Å². The molecule has 136 valence electrons. The number of Topliss-reactive ketones (excluding diaryl/α,β-unsaturated/α-hetero) is 1. The Kier molecular flexibility index (Phi) is 4.90. The number of ketones is 1. The van der Waals surface area contributed by atoms with Gasteiger partial charge in [-0.1, -0.05) is 5.16 Å². The van der Waals surface area contributed by atoms with Crippen molar-refractivity contribution in [1.82, 2.24) is 9.72 Å². The van der Waals surface area contributed by atoms with Crippen molar-refractivity contribution in [2.45, 2.75) is 20.8 Å². The minimum absolute atomic E-state index is 0.283. The average Bonchev–Trinajstić information content (AvgIpc) is 3.21. The van der Waals surface area contributed by atoms with E-state index in [2.05, 4.69) is 5.16 Å². The van der Waals surface area contributed by atoms with Gasteiger partial charge in [0.1, 0.15) is 5.76 Å². The first kappa shape index (κ1) is 18.1. The Morgan fingerprint density at radius 1 is 1.19 bits per heavy atom. The third kappa shape index (κ3) is 3.65. The number of aromatic nitrogens is 2. The van der Waals surface area contributed by atoms with Crippen LogP contribution in [0.15, 0.2) is 40.9 Å². The van der Waals surface area contributed by atoms with Gasteiger partial charge in [-0.3, -0.25) is 9.36 Å². The summed E-state index contributed by atoms with van der Waals surface area (Å²) in [4.78, 5) is 24.6. The molecule has 7 nitrogen and oxygen atoms in total. The zero-order valence-electron chi connectivity index (χ0n) is 15.1. The maximum absolute atomic E-state index is 12.5. The quantitative estimate of drug-likeness (QED) is 0.509. The molecule has 0 atom stereocenters. The number of benzene rings is 1. The molecule has 0 saturated carbocycles. The lowest BCUT2D eigenvalue weighted by molar-refractivity contribution is 0.0474. The topological polar surface area (TPSA) is 98.1 Å². The highest BCUT2D eigenvalue weighted by Gasteiger charge is 2.20. The minimum Gasteiger partial charge on any atom is -0.454 e. The molecule has 0 saturated heterocycles. The second kappa shape index (κ2) is 7.30. The van der Waals surface area contributed by atoms with Gasteiger partial charge in [0.05, 0.1) is 17.2 Å². The highest BCUT2D eigenvalue weighted by molar-refractivity contribution is 6.00. The fourth-order valence-electron chi connectivity index (χ4n) is 2.83. The molecule has 0 bridgehead atoms. The molecule has 0 amide bonds. The van der Waals surface area contributed by atoms with Crippen LogP contribution in [-0.2, 0) is 4.74 Å². The molecule has 0 aliphatic carbocycles. The van der Waals surface area contributed by atoms with Crippen LogP contribution in [0.3, 0.4) is 0 Å². The van der Waals surface area contributed by atoms with Crippen LogP contribution >= 0.6 is 0 Å². The van der Waals surface area contributed by atoms with E-state index in [4.69, 9.17) is 14.5 Å². The van der Waals surface area contributed by atoms with Crippen LogP contribution in [0.2, 0.25) is 0 Å². The van der Waals surface area contributed by atoms with Crippen molar-refractivity contribution in [1.29, 1.82) is 5.26 Å². The molecule has 0 unspecified atom stereocenters. The van der Waals surface area contributed by atoms with Crippen LogP contribution in [0.1, 0.15) is 43.4 Å². The molecular formula is C20H17N3O4. The van der Waals surface area contributed by atoms with Gasteiger partial charge in [-0.2, -0.15) is 5.26 Å². The Bertz CT molecular complexity index is 1050. The summed E-state index contributed by atoms with van der Waals surface area (Å²) in [6.07, 6.45) is 0. The van der Waals surface area contributed by atoms with E-state index in [0.29, 0.717) is 28.4 Å². The predicted octanol–water partition coefficient (Wildman–Crippen LogP) is 3.30. The van der Waals surface area contributed by atoms with Crippen molar-refractivity contribution in [3.05, 3.63) is 70.2 Å². The van der Waals surface area contributed by atoms with Gasteiger partial charge in [-0.15, -0.1) is 0 Å². The summed E-state index contributed by atoms with van der Waals surface area (Å²) >= 11 is 0. The molecule has 2 aromatic heterocycles. The van der Waals surface area contributed by atoms with E-state index in [1.165, 1.54) is 24.3 Å². The average molecular weight is 363 g/mol. The summed E-state index contributed by atoms with van der Waals surface area (Å²) in [5.41, 5.74) is 2.70. The van der Waals surface area contributed by atoms with Crippen molar-refractivity contribution in [2.75, 3.05) is 6.61 Å². The van der Waals surface area contributed by atoms with Crippen molar-refractivity contribution >= 4 is 11.8 Å². The largest absolute Gasteiger partial charge is 0.454 e. The number of hydrogen-bond donors (Lipinski definition) is 0. The van der Waals surface area contributed by atoms with E-state index in [1.54, 1.807) is 26.0 Å². The minimum atomic E-state index is -0.617. The number of esters is 1. The van der Waals surface area contributed by atoms with Crippen molar-refractivity contribution in [2.24, 2.45) is 0 Å². The van der Waals surface area contributed by atoms with Gasteiger partial charge < -0.3 is 9.26 Å². The van der Waals surface area contributed by atoms with E-state index in [0.717, 1.165) is 5.69 Å². The van der Waals surface area contributed by atoms with Gasteiger partial charge >= 0.3 is 5.97 Å². The van der Waals surface area contributed by atoms with E-state index in [1.807, 2.05) is 17.6 Å². The molecule has 0 aliphatic rings. The lowest BCUT2D eigenvalue weighted by Crippen LogP contribution is -2.15. The molecule has 7 heteroatoms. The SMILES string of the molecule is Cc1cc(-n2c(C)cc(C(=O)COC(=O)c3ccc(C#N)cc3)c2C)no1. The summed E-state index contributed by atoms with van der Waals surface area (Å²) in [7, 11) is 0. The van der Waals surface area contributed by atoms with Gasteiger partial charge in [0.25, 0.3) is 0 Å².